The maximum Gasteiger partial charge on any atom is 0.0725 e. The summed E-state index contributed by atoms with van der Waals surface area (Å²) in [6, 6.07) is 83.8. The van der Waals surface area contributed by atoms with Crippen LogP contribution in [-0.4, -0.2) is 0 Å². The van der Waals surface area contributed by atoms with Crippen LogP contribution in [0.4, 0.5) is 17.1 Å². The predicted octanol–water partition coefficient (Wildman–Crippen LogP) is 16.3. The van der Waals surface area contributed by atoms with Crippen molar-refractivity contribution in [2.45, 2.75) is 24.7 Å². The van der Waals surface area contributed by atoms with E-state index in [1.807, 2.05) is 0 Å². The number of rotatable bonds is 5. The lowest BCUT2D eigenvalue weighted by Gasteiger charge is -2.30. The van der Waals surface area contributed by atoms with Gasteiger partial charge in [-0.05, 0) is 136 Å². The van der Waals surface area contributed by atoms with Gasteiger partial charge in [-0.1, -0.05) is 202 Å². The zero-order valence-corrected chi connectivity index (χ0v) is 35.3. The highest BCUT2D eigenvalue weighted by atomic mass is 15.1. The highest BCUT2D eigenvalue weighted by molar-refractivity contribution is 6.04. The van der Waals surface area contributed by atoms with Gasteiger partial charge in [0, 0.05) is 22.5 Å². The van der Waals surface area contributed by atoms with Gasteiger partial charge in [0.25, 0.3) is 0 Å². The summed E-state index contributed by atoms with van der Waals surface area (Å²) >= 11 is 0. The fourth-order valence-corrected chi connectivity index (χ4v) is 11.8. The Morgan fingerprint density at radius 2 is 0.841 bits per heavy atom. The van der Waals surface area contributed by atoms with Crippen molar-refractivity contribution >= 4 is 27.8 Å². The summed E-state index contributed by atoms with van der Waals surface area (Å²) in [6.45, 7) is 4.74. The van der Waals surface area contributed by atoms with Crippen molar-refractivity contribution in [3.05, 3.63) is 258 Å². The van der Waals surface area contributed by atoms with E-state index in [0.29, 0.717) is 0 Å². The first-order chi connectivity index (χ1) is 31.0. The smallest absolute Gasteiger partial charge is 0.0725 e. The summed E-state index contributed by atoms with van der Waals surface area (Å²) < 4.78 is 0. The van der Waals surface area contributed by atoms with Gasteiger partial charge in [-0.2, -0.15) is 0 Å². The zero-order chi connectivity index (χ0) is 41.9. The van der Waals surface area contributed by atoms with Gasteiger partial charge in [-0.25, -0.2) is 0 Å². The summed E-state index contributed by atoms with van der Waals surface area (Å²) in [6.07, 6.45) is 0. The molecule has 296 valence electrons. The van der Waals surface area contributed by atoms with Gasteiger partial charge in [0.15, 0.2) is 0 Å². The molecule has 0 fully saturated rings. The molecule has 0 aromatic heterocycles. The Kier molecular flexibility index (Phi) is 7.64. The summed E-state index contributed by atoms with van der Waals surface area (Å²) in [4.78, 5) is 2.43. The van der Waals surface area contributed by atoms with E-state index in [4.69, 9.17) is 0 Å². The van der Waals surface area contributed by atoms with Gasteiger partial charge < -0.3 is 4.90 Å². The van der Waals surface area contributed by atoms with Gasteiger partial charge in [0.1, 0.15) is 0 Å². The standard InChI is InChI=1S/C62H43N/c1-61(2)53-37-35-44(39-52(53)59-46-24-7-6-18-40(46)34-36-57(59)61)63(42-20-4-3-5-21-42)43-22-16-19-41(38-43)45-23-8-9-25-47(45)50-29-17-33-58-60(50)51-28-12-15-32-56(51)62(58)54-30-13-10-26-48(54)49-27-11-14-31-55(49)62/h3-39H,1-2H3. The molecular formula is C62H43N. The number of para-hydroxylation sites is 1. The molecule has 63 heavy (non-hydrogen) atoms. The zero-order valence-electron chi connectivity index (χ0n) is 35.3. The first-order valence-electron chi connectivity index (χ1n) is 22.2. The number of hydrogen-bond donors (Lipinski definition) is 0. The van der Waals surface area contributed by atoms with Crippen molar-refractivity contribution in [3.63, 3.8) is 0 Å². The third-order valence-electron chi connectivity index (χ3n) is 14.5. The summed E-state index contributed by atoms with van der Waals surface area (Å²) in [5, 5.41) is 2.59. The Hall–Kier alpha value is -7.74. The van der Waals surface area contributed by atoms with E-state index in [0.717, 1.165) is 17.1 Å². The van der Waals surface area contributed by atoms with Gasteiger partial charge in [0.05, 0.1) is 5.41 Å². The molecule has 0 amide bonds. The molecule has 0 atom stereocenters. The van der Waals surface area contributed by atoms with E-state index in [-0.39, 0.29) is 5.41 Å². The Morgan fingerprint density at radius 3 is 1.60 bits per heavy atom. The molecule has 0 radical (unpaired) electrons. The van der Waals surface area contributed by atoms with Crippen LogP contribution in [0.2, 0.25) is 0 Å². The van der Waals surface area contributed by atoms with Crippen LogP contribution in [0.15, 0.2) is 224 Å². The maximum absolute atomic E-state index is 2.43. The second-order valence-electron chi connectivity index (χ2n) is 17.9. The highest BCUT2D eigenvalue weighted by Crippen LogP contribution is 2.64. The van der Waals surface area contributed by atoms with E-state index < -0.39 is 5.41 Å². The van der Waals surface area contributed by atoms with Gasteiger partial charge in [-0.15, -0.1) is 0 Å². The summed E-state index contributed by atoms with van der Waals surface area (Å²) in [5.41, 5.74) is 23.9. The SMILES string of the molecule is CC1(C)c2ccc(N(c3ccccc3)c3cccc(-c4ccccc4-c4cccc5c4-c4ccccc4C54c5ccccc5-c5ccccc54)c3)cc2-c2c1ccc1ccccc21. The predicted molar refractivity (Wildman–Crippen MR) is 263 cm³/mol. The van der Waals surface area contributed by atoms with E-state index in [1.165, 1.54) is 99.8 Å². The first-order valence-corrected chi connectivity index (χ1v) is 22.2. The van der Waals surface area contributed by atoms with Crippen LogP contribution in [0.5, 0.6) is 0 Å². The van der Waals surface area contributed by atoms with Gasteiger partial charge >= 0.3 is 0 Å². The lowest BCUT2D eigenvalue weighted by Crippen LogP contribution is -2.25. The lowest BCUT2D eigenvalue weighted by atomic mass is 9.70. The third kappa shape index (κ3) is 4.94. The Balaban J connectivity index is 0.986. The number of fused-ring (bicyclic) bond motifs is 15. The molecule has 1 heteroatoms. The largest absolute Gasteiger partial charge is 0.310 e. The molecule has 1 nitrogen and oxygen atoms in total. The van der Waals surface area contributed by atoms with Crippen molar-refractivity contribution in [2.75, 3.05) is 4.90 Å². The Labute approximate surface area is 369 Å². The highest BCUT2D eigenvalue weighted by Gasteiger charge is 2.52. The second-order valence-corrected chi connectivity index (χ2v) is 17.9. The van der Waals surface area contributed by atoms with E-state index >= 15 is 0 Å². The maximum atomic E-state index is 2.43. The monoisotopic (exact) mass is 801 g/mol. The van der Waals surface area contributed by atoms with Crippen LogP contribution in [0.3, 0.4) is 0 Å². The number of nitrogens with zero attached hydrogens (tertiary/aromatic N) is 1. The normalized spacial score (nSPS) is 14.1. The first kappa shape index (κ1) is 36.0. The minimum atomic E-state index is -0.391. The molecular weight excluding hydrogens is 759 g/mol. The van der Waals surface area contributed by atoms with Crippen LogP contribution in [0, 0.1) is 0 Å². The summed E-state index contributed by atoms with van der Waals surface area (Å²) in [7, 11) is 0. The van der Waals surface area contributed by atoms with Crippen LogP contribution >= 0.6 is 0 Å². The fraction of sp³-hybridized carbons (Fsp3) is 0.0645. The van der Waals surface area contributed by atoms with Crippen molar-refractivity contribution in [3.8, 4) is 55.6 Å². The molecule has 0 N–H and O–H groups in total. The molecule has 0 unspecified atom stereocenters. The molecule has 3 aliphatic rings. The lowest BCUT2D eigenvalue weighted by molar-refractivity contribution is 0.661. The van der Waals surface area contributed by atoms with Gasteiger partial charge in [-0.3, -0.25) is 0 Å². The topological polar surface area (TPSA) is 3.24 Å². The number of anilines is 3. The van der Waals surface area contributed by atoms with Crippen LogP contribution in [0.25, 0.3) is 66.4 Å². The van der Waals surface area contributed by atoms with Crippen LogP contribution in [-0.2, 0) is 10.8 Å². The Bertz CT molecular complexity index is 3450. The quantitative estimate of drug-likeness (QED) is 0.168. The molecule has 0 saturated heterocycles. The van der Waals surface area contributed by atoms with E-state index in [2.05, 4.69) is 243 Å². The van der Waals surface area contributed by atoms with Crippen LogP contribution < -0.4 is 4.90 Å². The molecule has 10 aromatic rings. The molecule has 0 aliphatic heterocycles. The van der Waals surface area contributed by atoms with Gasteiger partial charge in [0.2, 0.25) is 0 Å². The molecule has 0 bridgehead atoms. The molecule has 0 saturated carbocycles. The third-order valence-corrected chi connectivity index (χ3v) is 14.5. The van der Waals surface area contributed by atoms with E-state index in [9.17, 15) is 0 Å². The minimum absolute atomic E-state index is 0.100. The van der Waals surface area contributed by atoms with Crippen molar-refractivity contribution < 1.29 is 0 Å². The fourth-order valence-electron chi connectivity index (χ4n) is 11.8. The molecule has 1 spiro atoms. The van der Waals surface area contributed by atoms with Crippen molar-refractivity contribution in [2.24, 2.45) is 0 Å². The molecule has 3 aliphatic carbocycles. The van der Waals surface area contributed by atoms with E-state index in [1.54, 1.807) is 0 Å². The summed E-state index contributed by atoms with van der Waals surface area (Å²) in [5.74, 6) is 0. The second kappa shape index (κ2) is 13.4. The molecule has 13 rings (SSSR count). The van der Waals surface area contributed by atoms with Crippen molar-refractivity contribution in [1.82, 2.24) is 0 Å². The van der Waals surface area contributed by atoms with Crippen molar-refractivity contribution in [1.29, 1.82) is 0 Å². The minimum Gasteiger partial charge on any atom is -0.310 e. The average molecular weight is 802 g/mol. The molecule has 10 aromatic carbocycles. The Morgan fingerprint density at radius 1 is 0.302 bits per heavy atom. The average Bonchev–Trinajstić information content (AvgIpc) is 3.90. The molecule has 0 heterocycles. The number of benzene rings is 10. The number of hydrogen-bond acceptors (Lipinski definition) is 1. The van der Waals surface area contributed by atoms with Crippen LogP contribution in [0.1, 0.15) is 47.2 Å².